The highest BCUT2D eigenvalue weighted by Gasteiger charge is 2.16. The molecule has 2 heterocycles. The molecular formula is C21H25F2N3O3. The van der Waals surface area contributed by atoms with E-state index in [1.54, 1.807) is 32.0 Å². The summed E-state index contributed by atoms with van der Waals surface area (Å²) in [6.07, 6.45) is -0.348. The molecule has 2 aromatic rings. The second-order valence-electron chi connectivity index (χ2n) is 6.85. The second-order valence-corrected chi connectivity index (χ2v) is 6.85. The van der Waals surface area contributed by atoms with Crippen LogP contribution in [0.2, 0.25) is 0 Å². The van der Waals surface area contributed by atoms with Crippen LogP contribution in [-0.4, -0.2) is 34.7 Å². The van der Waals surface area contributed by atoms with Crippen LogP contribution in [0.4, 0.5) is 8.78 Å². The fourth-order valence-electron chi connectivity index (χ4n) is 2.86. The van der Waals surface area contributed by atoms with Gasteiger partial charge in [-0.05, 0) is 51.0 Å². The Morgan fingerprint density at radius 1 is 1.24 bits per heavy atom. The first-order valence-electron chi connectivity index (χ1n) is 9.37. The lowest BCUT2D eigenvalue weighted by Gasteiger charge is -2.17. The zero-order chi connectivity index (χ0) is 21.6. The van der Waals surface area contributed by atoms with Crippen LogP contribution in [-0.2, 0) is 17.6 Å². The van der Waals surface area contributed by atoms with E-state index in [9.17, 15) is 18.4 Å². The van der Waals surface area contributed by atoms with Crippen LogP contribution in [0, 0.1) is 6.92 Å². The average Bonchev–Trinajstić information content (AvgIpc) is 2.64. The SMILES string of the molecule is CCc1cc(C(C)NC(=O)c2cc(C)nc(CC(C)=O)c2)cnc1OCC(F)F. The van der Waals surface area contributed by atoms with E-state index >= 15 is 0 Å². The minimum atomic E-state index is -2.57. The molecule has 8 heteroatoms. The van der Waals surface area contributed by atoms with Crippen molar-refractivity contribution in [3.63, 3.8) is 0 Å². The molecule has 6 nitrogen and oxygen atoms in total. The summed E-state index contributed by atoms with van der Waals surface area (Å²) < 4.78 is 29.8. The fourth-order valence-corrected chi connectivity index (χ4v) is 2.86. The van der Waals surface area contributed by atoms with E-state index in [0.29, 0.717) is 28.9 Å². The van der Waals surface area contributed by atoms with Gasteiger partial charge < -0.3 is 10.1 Å². The van der Waals surface area contributed by atoms with Gasteiger partial charge in [0.2, 0.25) is 5.88 Å². The van der Waals surface area contributed by atoms with Crippen molar-refractivity contribution in [2.24, 2.45) is 0 Å². The molecule has 0 aliphatic rings. The molecule has 0 bridgehead atoms. The molecule has 0 saturated carbocycles. The molecule has 0 saturated heterocycles. The summed E-state index contributed by atoms with van der Waals surface area (Å²) in [6, 6.07) is 4.68. The molecule has 0 radical (unpaired) electrons. The Kier molecular flexibility index (Phi) is 7.75. The van der Waals surface area contributed by atoms with E-state index in [-0.39, 0.29) is 30.0 Å². The van der Waals surface area contributed by atoms with Gasteiger partial charge in [0.05, 0.1) is 6.04 Å². The number of pyridine rings is 2. The van der Waals surface area contributed by atoms with Crippen molar-refractivity contribution < 1.29 is 23.1 Å². The summed E-state index contributed by atoms with van der Waals surface area (Å²) in [5.41, 5.74) is 3.03. The predicted octanol–water partition coefficient (Wildman–Crippen LogP) is 3.61. The van der Waals surface area contributed by atoms with E-state index in [2.05, 4.69) is 15.3 Å². The van der Waals surface area contributed by atoms with E-state index in [1.807, 2.05) is 6.92 Å². The van der Waals surface area contributed by atoms with Crippen LogP contribution in [0.1, 0.15) is 59.7 Å². The standard InChI is InChI=1S/C21H25F2N3O3/c1-5-15-8-17(10-24-21(15)29-11-19(22)23)14(4)26-20(28)16-6-12(2)25-18(9-16)7-13(3)27/h6,8-10,14,19H,5,7,11H2,1-4H3,(H,26,28). The van der Waals surface area contributed by atoms with Gasteiger partial charge in [0.1, 0.15) is 5.78 Å². The number of nitrogens with zero attached hydrogens (tertiary/aromatic N) is 2. The van der Waals surface area contributed by atoms with Crippen LogP contribution >= 0.6 is 0 Å². The summed E-state index contributed by atoms with van der Waals surface area (Å²) in [5, 5.41) is 2.89. The van der Waals surface area contributed by atoms with Gasteiger partial charge in [-0.2, -0.15) is 0 Å². The van der Waals surface area contributed by atoms with Crippen molar-refractivity contribution in [1.82, 2.24) is 15.3 Å². The molecule has 0 aromatic carbocycles. The summed E-state index contributed by atoms with van der Waals surface area (Å²) in [4.78, 5) is 32.4. The number of halogens is 2. The molecule has 1 unspecified atom stereocenters. The first kappa shape index (κ1) is 22.4. The van der Waals surface area contributed by atoms with Crippen molar-refractivity contribution in [2.45, 2.75) is 53.0 Å². The molecule has 2 rings (SSSR count). The number of nitrogens with one attached hydrogen (secondary N) is 1. The maximum atomic E-state index is 12.7. The quantitative estimate of drug-likeness (QED) is 0.689. The Morgan fingerprint density at radius 2 is 1.97 bits per heavy atom. The Bertz CT molecular complexity index is 887. The summed E-state index contributed by atoms with van der Waals surface area (Å²) in [6.45, 7) is 6.20. The Morgan fingerprint density at radius 3 is 2.59 bits per heavy atom. The zero-order valence-electron chi connectivity index (χ0n) is 17.0. The summed E-state index contributed by atoms with van der Waals surface area (Å²) in [5.74, 6) is -0.160. The number of ether oxygens (including phenoxy) is 1. The molecule has 29 heavy (non-hydrogen) atoms. The Hall–Kier alpha value is -2.90. The molecule has 1 amide bonds. The maximum Gasteiger partial charge on any atom is 0.272 e. The van der Waals surface area contributed by atoms with E-state index < -0.39 is 13.0 Å². The molecular weight excluding hydrogens is 380 g/mol. The number of aryl methyl sites for hydroxylation is 2. The predicted molar refractivity (Wildman–Crippen MR) is 104 cm³/mol. The highest BCUT2D eigenvalue weighted by Crippen LogP contribution is 2.22. The van der Waals surface area contributed by atoms with Crippen LogP contribution in [0.25, 0.3) is 0 Å². The van der Waals surface area contributed by atoms with Crippen LogP contribution in [0.3, 0.4) is 0 Å². The maximum absolute atomic E-state index is 12.7. The van der Waals surface area contributed by atoms with Crippen molar-refractivity contribution in [3.05, 3.63) is 52.5 Å². The number of amides is 1. The number of rotatable bonds is 9. The molecule has 156 valence electrons. The minimum Gasteiger partial charge on any atom is -0.471 e. The molecule has 1 atom stereocenters. The fraction of sp³-hybridized carbons (Fsp3) is 0.429. The number of carbonyl (C=O) groups excluding carboxylic acids is 2. The molecule has 0 aliphatic heterocycles. The molecule has 1 N–H and O–H groups in total. The third-order valence-corrected chi connectivity index (χ3v) is 4.22. The largest absolute Gasteiger partial charge is 0.471 e. The first-order chi connectivity index (χ1) is 13.7. The number of alkyl halides is 2. The molecule has 0 fully saturated rings. The third-order valence-electron chi connectivity index (χ3n) is 4.22. The van der Waals surface area contributed by atoms with Gasteiger partial charge in [-0.15, -0.1) is 0 Å². The topological polar surface area (TPSA) is 81.2 Å². The lowest BCUT2D eigenvalue weighted by Crippen LogP contribution is -2.27. The van der Waals surface area contributed by atoms with E-state index in [0.717, 1.165) is 5.56 Å². The van der Waals surface area contributed by atoms with Crippen molar-refractivity contribution in [2.75, 3.05) is 6.61 Å². The Labute approximate surface area is 168 Å². The Balaban J connectivity index is 2.15. The lowest BCUT2D eigenvalue weighted by molar-refractivity contribution is -0.116. The third kappa shape index (κ3) is 6.58. The highest BCUT2D eigenvalue weighted by molar-refractivity contribution is 5.94. The highest BCUT2D eigenvalue weighted by atomic mass is 19.3. The van der Waals surface area contributed by atoms with E-state index in [1.165, 1.54) is 13.1 Å². The van der Waals surface area contributed by atoms with Gasteiger partial charge in [-0.25, -0.2) is 13.8 Å². The van der Waals surface area contributed by atoms with Crippen molar-refractivity contribution >= 4 is 11.7 Å². The van der Waals surface area contributed by atoms with Gasteiger partial charge in [0.25, 0.3) is 12.3 Å². The second kappa shape index (κ2) is 10.0. The van der Waals surface area contributed by atoms with Gasteiger partial charge in [0.15, 0.2) is 6.61 Å². The van der Waals surface area contributed by atoms with Crippen LogP contribution in [0.5, 0.6) is 5.88 Å². The number of hydrogen-bond acceptors (Lipinski definition) is 5. The smallest absolute Gasteiger partial charge is 0.272 e. The zero-order valence-corrected chi connectivity index (χ0v) is 17.0. The van der Waals surface area contributed by atoms with Crippen molar-refractivity contribution in [1.29, 1.82) is 0 Å². The number of Topliss-reactive ketones (excluding diaryl/α,β-unsaturated/α-hetero) is 1. The van der Waals surface area contributed by atoms with Crippen LogP contribution in [0.15, 0.2) is 24.4 Å². The number of hydrogen-bond donors (Lipinski definition) is 1. The number of aromatic nitrogens is 2. The monoisotopic (exact) mass is 405 g/mol. The lowest BCUT2D eigenvalue weighted by atomic mass is 10.1. The van der Waals surface area contributed by atoms with E-state index in [4.69, 9.17) is 4.74 Å². The number of ketones is 1. The normalized spacial score (nSPS) is 12.0. The molecule has 0 aliphatic carbocycles. The van der Waals surface area contributed by atoms with Crippen LogP contribution < -0.4 is 10.1 Å². The van der Waals surface area contributed by atoms with Crippen molar-refractivity contribution in [3.8, 4) is 5.88 Å². The van der Waals surface area contributed by atoms with Gasteiger partial charge in [0, 0.05) is 35.1 Å². The summed E-state index contributed by atoms with van der Waals surface area (Å²) >= 11 is 0. The first-order valence-corrected chi connectivity index (χ1v) is 9.37. The molecule has 2 aromatic heterocycles. The minimum absolute atomic E-state index is 0.0323. The number of carbonyl (C=O) groups is 2. The van der Waals surface area contributed by atoms with Gasteiger partial charge in [-0.1, -0.05) is 6.92 Å². The summed E-state index contributed by atoms with van der Waals surface area (Å²) in [7, 11) is 0. The van der Waals surface area contributed by atoms with Gasteiger partial charge >= 0.3 is 0 Å². The van der Waals surface area contributed by atoms with Gasteiger partial charge in [-0.3, -0.25) is 14.6 Å². The average molecular weight is 405 g/mol. The molecule has 0 spiro atoms.